The number of nitrogens with zero attached hydrogens (tertiary/aromatic N) is 2. The van der Waals surface area contributed by atoms with Gasteiger partial charge in [-0.25, -0.2) is 0 Å². The maximum Gasteiger partial charge on any atom is 0.0735 e. The van der Waals surface area contributed by atoms with Crippen LogP contribution in [0.3, 0.4) is 0 Å². The molecule has 0 saturated carbocycles. The van der Waals surface area contributed by atoms with E-state index in [1.54, 1.807) is 6.20 Å². The molecule has 72 valence electrons. The number of hydrogen-bond acceptors (Lipinski definition) is 3. The normalized spacial score (nSPS) is 19.2. The molecular formula is C9H15N3O. The molecule has 2 rings (SSSR count). The maximum absolute atomic E-state index is 5.85. The molecule has 0 amide bonds. The number of rotatable bonds is 1. The number of aryl methyl sites for hydroxylation is 1. The van der Waals surface area contributed by atoms with Crippen molar-refractivity contribution in [3.05, 3.63) is 11.9 Å². The van der Waals surface area contributed by atoms with Crippen molar-refractivity contribution in [1.82, 2.24) is 9.78 Å². The highest BCUT2D eigenvalue weighted by Gasteiger charge is 2.21. The Bertz CT molecular complexity index is 270. The lowest BCUT2D eigenvalue weighted by Crippen LogP contribution is -2.17. The summed E-state index contributed by atoms with van der Waals surface area (Å²) in [5, 5.41) is 4.14. The van der Waals surface area contributed by atoms with Crippen molar-refractivity contribution in [2.45, 2.75) is 18.8 Å². The fraction of sp³-hybridized carbons (Fsp3) is 0.667. The highest BCUT2D eigenvalue weighted by Crippen LogP contribution is 2.29. The van der Waals surface area contributed by atoms with Crippen LogP contribution in [-0.2, 0) is 11.8 Å². The Kier molecular flexibility index (Phi) is 2.22. The Morgan fingerprint density at radius 3 is 2.77 bits per heavy atom. The van der Waals surface area contributed by atoms with Gasteiger partial charge in [-0.05, 0) is 12.8 Å². The van der Waals surface area contributed by atoms with Crippen LogP contribution in [0.25, 0.3) is 0 Å². The lowest BCUT2D eigenvalue weighted by molar-refractivity contribution is 0.0839. The van der Waals surface area contributed by atoms with E-state index < -0.39 is 0 Å². The standard InChI is InChI=1S/C9H15N3O/c1-12-9(8(10)6-11-12)7-2-4-13-5-3-7/h6-7H,2-5,10H2,1H3. The Balaban J connectivity index is 2.22. The molecule has 1 fully saturated rings. The minimum Gasteiger partial charge on any atom is -0.396 e. The summed E-state index contributed by atoms with van der Waals surface area (Å²) in [6.45, 7) is 1.69. The van der Waals surface area contributed by atoms with Gasteiger partial charge in [-0.3, -0.25) is 4.68 Å². The van der Waals surface area contributed by atoms with Crippen LogP contribution in [0.1, 0.15) is 24.5 Å². The van der Waals surface area contributed by atoms with Crippen LogP contribution in [0, 0.1) is 0 Å². The van der Waals surface area contributed by atoms with Gasteiger partial charge in [0, 0.05) is 26.2 Å². The lowest BCUT2D eigenvalue weighted by atomic mass is 9.96. The summed E-state index contributed by atoms with van der Waals surface area (Å²) in [6, 6.07) is 0. The third-order valence-electron chi connectivity index (χ3n) is 2.62. The Morgan fingerprint density at radius 1 is 1.54 bits per heavy atom. The zero-order valence-electron chi connectivity index (χ0n) is 7.86. The van der Waals surface area contributed by atoms with Crippen LogP contribution in [-0.4, -0.2) is 23.0 Å². The molecule has 13 heavy (non-hydrogen) atoms. The number of anilines is 1. The Labute approximate surface area is 77.7 Å². The monoisotopic (exact) mass is 181 g/mol. The smallest absolute Gasteiger partial charge is 0.0735 e. The second-order valence-electron chi connectivity index (χ2n) is 3.50. The summed E-state index contributed by atoms with van der Waals surface area (Å²) in [6.07, 6.45) is 3.85. The van der Waals surface area contributed by atoms with Gasteiger partial charge in [0.05, 0.1) is 17.6 Å². The summed E-state index contributed by atoms with van der Waals surface area (Å²) in [5.41, 5.74) is 7.83. The highest BCUT2D eigenvalue weighted by atomic mass is 16.5. The molecule has 0 spiro atoms. The minimum absolute atomic E-state index is 0.529. The van der Waals surface area contributed by atoms with Gasteiger partial charge in [0.1, 0.15) is 0 Å². The van der Waals surface area contributed by atoms with Crippen LogP contribution >= 0.6 is 0 Å². The Morgan fingerprint density at radius 2 is 2.23 bits per heavy atom. The van der Waals surface area contributed by atoms with E-state index >= 15 is 0 Å². The number of ether oxygens (including phenoxy) is 1. The fourth-order valence-electron chi connectivity index (χ4n) is 1.93. The van der Waals surface area contributed by atoms with Crippen molar-refractivity contribution in [1.29, 1.82) is 0 Å². The van der Waals surface area contributed by atoms with Gasteiger partial charge in [0.15, 0.2) is 0 Å². The highest BCUT2D eigenvalue weighted by molar-refractivity contribution is 5.43. The molecule has 0 radical (unpaired) electrons. The Hall–Kier alpha value is -1.03. The van der Waals surface area contributed by atoms with E-state index in [0.717, 1.165) is 31.7 Å². The first-order chi connectivity index (χ1) is 6.29. The van der Waals surface area contributed by atoms with Gasteiger partial charge in [-0.1, -0.05) is 0 Å². The van der Waals surface area contributed by atoms with Gasteiger partial charge in [0.2, 0.25) is 0 Å². The number of aromatic nitrogens is 2. The van der Waals surface area contributed by atoms with Crippen molar-refractivity contribution in [3.63, 3.8) is 0 Å². The second-order valence-corrected chi connectivity index (χ2v) is 3.50. The molecule has 1 aliphatic heterocycles. The van der Waals surface area contributed by atoms with Crippen molar-refractivity contribution in [2.24, 2.45) is 7.05 Å². The van der Waals surface area contributed by atoms with Crippen LogP contribution in [0.2, 0.25) is 0 Å². The predicted molar refractivity (Wildman–Crippen MR) is 50.4 cm³/mol. The summed E-state index contributed by atoms with van der Waals surface area (Å²) in [5.74, 6) is 0.529. The molecule has 1 saturated heterocycles. The predicted octanol–water partition coefficient (Wildman–Crippen LogP) is 0.896. The molecular weight excluding hydrogens is 166 g/mol. The molecule has 1 aromatic rings. The molecule has 1 aromatic heterocycles. The number of nitrogen functional groups attached to an aromatic ring is 1. The molecule has 2 heterocycles. The van der Waals surface area contributed by atoms with E-state index in [1.165, 1.54) is 5.69 Å². The van der Waals surface area contributed by atoms with E-state index in [2.05, 4.69) is 5.10 Å². The van der Waals surface area contributed by atoms with Gasteiger partial charge < -0.3 is 10.5 Å². The first-order valence-electron chi connectivity index (χ1n) is 4.64. The molecule has 0 aromatic carbocycles. The molecule has 4 heteroatoms. The van der Waals surface area contributed by atoms with E-state index in [4.69, 9.17) is 10.5 Å². The van der Waals surface area contributed by atoms with E-state index in [9.17, 15) is 0 Å². The SMILES string of the molecule is Cn1ncc(N)c1C1CCOCC1. The fourth-order valence-corrected chi connectivity index (χ4v) is 1.93. The zero-order valence-corrected chi connectivity index (χ0v) is 7.86. The zero-order chi connectivity index (χ0) is 9.26. The summed E-state index contributed by atoms with van der Waals surface area (Å²) >= 11 is 0. The summed E-state index contributed by atoms with van der Waals surface area (Å²) in [7, 11) is 1.95. The van der Waals surface area contributed by atoms with Crippen LogP contribution in [0.5, 0.6) is 0 Å². The van der Waals surface area contributed by atoms with Gasteiger partial charge in [0.25, 0.3) is 0 Å². The molecule has 0 bridgehead atoms. The van der Waals surface area contributed by atoms with E-state index in [0.29, 0.717) is 5.92 Å². The van der Waals surface area contributed by atoms with Gasteiger partial charge in [-0.2, -0.15) is 5.10 Å². The molecule has 4 nitrogen and oxygen atoms in total. The van der Waals surface area contributed by atoms with Crippen LogP contribution < -0.4 is 5.73 Å². The van der Waals surface area contributed by atoms with Gasteiger partial charge >= 0.3 is 0 Å². The molecule has 1 aliphatic rings. The van der Waals surface area contributed by atoms with Crippen molar-refractivity contribution < 1.29 is 4.74 Å². The van der Waals surface area contributed by atoms with E-state index in [1.807, 2.05) is 11.7 Å². The summed E-state index contributed by atoms with van der Waals surface area (Å²) in [4.78, 5) is 0. The number of hydrogen-bond donors (Lipinski definition) is 1. The number of nitrogens with two attached hydrogens (primary N) is 1. The van der Waals surface area contributed by atoms with E-state index in [-0.39, 0.29) is 0 Å². The molecule has 2 N–H and O–H groups in total. The average molecular weight is 181 g/mol. The second kappa shape index (κ2) is 3.38. The minimum atomic E-state index is 0.529. The molecule has 0 aliphatic carbocycles. The first kappa shape index (κ1) is 8.56. The van der Waals surface area contributed by atoms with Crippen LogP contribution in [0.15, 0.2) is 6.20 Å². The van der Waals surface area contributed by atoms with Crippen LogP contribution in [0.4, 0.5) is 5.69 Å². The topological polar surface area (TPSA) is 53.1 Å². The summed E-state index contributed by atoms with van der Waals surface area (Å²) < 4.78 is 7.19. The molecule has 0 unspecified atom stereocenters. The maximum atomic E-state index is 5.85. The average Bonchev–Trinajstić information content (AvgIpc) is 2.48. The van der Waals surface area contributed by atoms with Gasteiger partial charge in [-0.15, -0.1) is 0 Å². The largest absolute Gasteiger partial charge is 0.396 e. The molecule has 0 atom stereocenters. The third-order valence-corrected chi connectivity index (χ3v) is 2.62. The van der Waals surface area contributed by atoms with Crippen molar-refractivity contribution in [3.8, 4) is 0 Å². The quantitative estimate of drug-likeness (QED) is 0.700. The van der Waals surface area contributed by atoms with Crippen molar-refractivity contribution >= 4 is 5.69 Å². The first-order valence-corrected chi connectivity index (χ1v) is 4.64. The van der Waals surface area contributed by atoms with Crippen molar-refractivity contribution in [2.75, 3.05) is 18.9 Å². The lowest BCUT2D eigenvalue weighted by Gasteiger charge is -2.22. The third kappa shape index (κ3) is 1.54.